The van der Waals surface area contributed by atoms with Crippen LogP contribution < -0.4 is 4.89 Å². The minimum absolute atomic E-state index is 0.217. The monoisotopic (exact) mass is 314 g/mol. The molecule has 0 bridgehead atoms. The van der Waals surface area contributed by atoms with E-state index in [1.165, 1.54) is 0 Å². The molecule has 0 atom stereocenters. The maximum Gasteiger partial charge on any atom is 0.321 e. The summed E-state index contributed by atoms with van der Waals surface area (Å²) >= 11 is 12.1. The molecule has 3 nitrogen and oxygen atoms in total. The number of hydrogen-bond donors (Lipinski definition) is 2. The molecule has 0 heterocycles. The van der Waals surface area contributed by atoms with Crippen LogP contribution in [0.3, 0.4) is 0 Å². The lowest BCUT2D eigenvalue weighted by atomic mass is 10.0. The molecule has 0 aliphatic heterocycles. The van der Waals surface area contributed by atoms with Gasteiger partial charge in [-0.05, 0) is 24.0 Å². The molecule has 96 valence electrons. The first kappa shape index (κ1) is 15.4. The molecule has 0 aliphatic rings. The zero-order valence-electron chi connectivity index (χ0n) is 9.41. The van der Waals surface area contributed by atoms with Crippen molar-refractivity contribution in [3.8, 4) is 0 Å². The Kier molecular flexibility index (Phi) is 5.41. The largest absolute Gasteiger partial charge is 0.742 e. The molecule has 1 aromatic rings. The Morgan fingerprint density at radius 2 is 1.82 bits per heavy atom. The van der Waals surface area contributed by atoms with Crippen LogP contribution in [0.4, 0.5) is 0 Å². The summed E-state index contributed by atoms with van der Waals surface area (Å²) in [6, 6.07) is 1.71. The first-order valence-corrected chi connectivity index (χ1v) is 8.84. The van der Waals surface area contributed by atoms with Gasteiger partial charge in [-0.25, -0.2) is 0 Å². The van der Waals surface area contributed by atoms with Gasteiger partial charge in [0.05, 0.1) is 5.02 Å². The predicted molar refractivity (Wildman–Crippen MR) is 72.2 cm³/mol. The van der Waals surface area contributed by atoms with Crippen LogP contribution >= 0.6 is 29.9 Å². The van der Waals surface area contributed by atoms with E-state index in [0.717, 1.165) is 24.0 Å². The van der Waals surface area contributed by atoms with E-state index in [9.17, 15) is 4.89 Å². The highest BCUT2D eigenvalue weighted by Gasteiger charge is 2.21. The summed E-state index contributed by atoms with van der Waals surface area (Å²) in [6.45, 7) is -0.287. The zero-order valence-corrected chi connectivity index (χ0v) is 12.6. The molecule has 2 N–H and O–H groups in total. The Balaban J connectivity index is 3.51. The van der Waals surface area contributed by atoms with Crippen LogP contribution in [0.2, 0.25) is 10.0 Å². The molecule has 0 aromatic heterocycles. The van der Waals surface area contributed by atoms with E-state index < -0.39 is 6.72 Å². The fourth-order valence-corrected chi connectivity index (χ4v) is 4.28. The van der Waals surface area contributed by atoms with Crippen LogP contribution in [0.15, 0.2) is 11.0 Å². The van der Waals surface area contributed by atoms with E-state index in [0.29, 0.717) is 20.9 Å². The summed E-state index contributed by atoms with van der Waals surface area (Å²) in [6.07, 6.45) is 1.48. The standard InChI is InChI=1S/C10H13Cl2O3PS/c1-3-6-5-8(17-16(13,14)15)10(12)9(11)7(6)4-2/h5H,3-4H2,1-2H3,(H2-,13,14,15). The van der Waals surface area contributed by atoms with Gasteiger partial charge < -0.3 is 14.7 Å². The van der Waals surface area contributed by atoms with E-state index in [1.54, 1.807) is 6.07 Å². The van der Waals surface area contributed by atoms with Crippen LogP contribution in [-0.2, 0) is 23.8 Å². The average molecular weight is 315 g/mol. The molecule has 17 heavy (non-hydrogen) atoms. The molecule has 1 aromatic carbocycles. The van der Waals surface area contributed by atoms with E-state index in [4.69, 9.17) is 33.0 Å². The van der Waals surface area contributed by atoms with Gasteiger partial charge in [-0.1, -0.05) is 37.0 Å². The normalized spacial score (nSPS) is 11.7. The lowest BCUT2D eigenvalue weighted by molar-refractivity contribution is -0.196. The highest BCUT2D eigenvalue weighted by atomic mass is 35.5. The molecule has 0 aliphatic carbocycles. The molecule has 7 heteroatoms. The molecule has 0 radical (unpaired) electrons. The minimum Gasteiger partial charge on any atom is -0.742 e. The SMILES string of the molecule is CCc1cc([S+]=P([O-])(O)O)c(Cl)c(Cl)c1CC. The van der Waals surface area contributed by atoms with Crippen molar-refractivity contribution in [2.45, 2.75) is 31.6 Å². The van der Waals surface area contributed by atoms with Gasteiger partial charge in [0.15, 0.2) is 0 Å². The summed E-state index contributed by atoms with van der Waals surface area (Å²) in [5.74, 6) is 0. The first-order chi connectivity index (χ1) is 7.80. The molecule has 0 saturated carbocycles. The topological polar surface area (TPSA) is 63.5 Å². The number of rotatable bonds is 3. The Labute approximate surface area is 114 Å². The maximum absolute atomic E-state index is 11.0. The molecule has 1 rings (SSSR count). The van der Waals surface area contributed by atoms with Gasteiger partial charge in [-0.15, -0.1) is 0 Å². The second-order valence-electron chi connectivity index (χ2n) is 3.43. The van der Waals surface area contributed by atoms with Gasteiger partial charge in [-0.2, -0.15) is 0 Å². The van der Waals surface area contributed by atoms with Gasteiger partial charge in [0, 0.05) is 6.07 Å². The van der Waals surface area contributed by atoms with Gasteiger partial charge in [0.1, 0.15) is 5.02 Å². The third-order valence-electron chi connectivity index (χ3n) is 2.32. The summed E-state index contributed by atoms with van der Waals surface area (Å²) in [5.41, 5.74) is 1.91. The Morgan fingerprint density at radius 3 is 2.24 bits per heavy atom. The van der Waals surface area contributed by atoms with E-state index >= 15 is 0 Å². The lowest BCUT2D eigenvalue weighted by Crippen LogP contribution is -2.01. The average Bonchev–Trinajstić information content (AvgIpc) is 2.22. The van der Waals surface area contributed by atoms with Crippen molar-refractivity contribution < 1.29 is 14.7 Å². The van der Waals surface area contributed by atoms with Gasteiger partial charge >= 0.3 is 6.72 Å². The molecule has 0 fully saturated rings. The predicted octanol–water partition coefficient (Wildman–Crippen LogP) is 2.58. The second-order valence-corrected chi connectivity index (χ2v) is 7.76. The fourth-order valence-electron chi connectivity index (χ4n) is 1.58. The van der Waals surface area contributed by atoms with E-state index in [1.807, 2.05) is 13.8 Å². The number of aryl methyl sites for hydroxylation is 1. The number of hydrogen-bond acceptors (Lipinski definition) is 1. The van der Waals surface area contributed by atoms with Crippen LogP contribution in [0.1, 0.15) is 25.0 Å². The van der Waals surface area contributed by atoms with Crippen LogP contribution in [0.25, 0.3) is 0 Å². The van der Waals surface area contributed by atoms with Crippen molar-refractivity contribution in [2.75, 3.05) is 0 Å². The Bertz CT molecular complexity index is 477. The highest BCUT2D eigenvalue weighted by molar-refractivity contribution is 8.16. The quantitative estimate of drug-likeness (QED) is 0.666. The van der Waals surface area contributed by atoms with Gasteiger partial charge in [0.25, 0.3) is 0 Å². The van der Waals surface area contributed by atoms with E-state index in [2.05, 4.69) is 0 Å². The van der Waals surface area contributed by atoms with Gasteiger partial charge in [-0.3, -0.25) is 0 Å². The third-order valence-corrected chi connectivity index (χ3v) is 5.40. The second kappa shape index (κ2) is 5.98. The Morgan fingerprint density at radius 1 is 1.24 bits per heavy atom. The highest BCUT2D eigenvalue weighted by Crippen LogP contribution is 2.37. The summed E-state index contributed by atoms with van der Waals surface area (Å²) in [4.78, 5) is 29.2. The number of benzene rings is 1. The van der Waals surface area contributed by atoms with Crippen LogP contribution in [-0.4, -0.2) is 9.79 Å². The summed E-state index contributed by atoms with van der Waals surface area (Å²) in [7, 11) is 0.441. The summed E-state index contributed by atoms with van der Waals surface area (Å²) in [5, 5.41) is 0.610. The molecular weight excluding hydrogens is 302 g/mol. The minimum atomic E-state index is -4.21. The fraction of sp³-hybridized carbons (Fsp3) is 0.400. The van der Waals surface area contributed by atoms with Crippen molar-refractivity contribution in [3.63, 3.8) is 0 Å². The maximum atomic E-state index is 11.0. The number of halogens is 2. The molecule has 0 spiro atoms. The molecule has 0 unspecified atom stereocenters. The molecule has 0 amide bonds. The van der Waals surface area contributed by atoms with Gasteiger partial charge in [0.2, 0.25) is 15.8 Å². The van der Waals surface area contributed by atoms with Crippen molar-refractivity contribution >= 4 is 40.9 Å². The van der Waals surface area contributed by atoms with Crippen molar-refractivity contribution in [3.05, 3.63) is 27.2 Å². The van der Waals surface area contributed by atoms with Crippen LogP contribution in [0, 0.1) is 0 Å². The molecule has 0 saturated heterocycles. The molecular formula is C10H13Cl2O3PS. The van der Waals surface area contributed by atoms with Crippen molar-refractivity contribution in [2.24, 2.45) is 0 Å². The smallest absolute Gasteiger partial charge is 0.321 e. The van der Waals surface area contributed by atoms with Crippen molar-refractivity contribution in [1.82, 2.24) is 0 Å². The summed E-state index contributed by atoms with van der Waals surface area (Å²) < 4.78 is 0. The van der Waals surface area contributed by atoms with Crippen molar-refractivity contribution in [1.29, 1.82) is 0 Å². The zero-order chi connectivity index (χ0) is 13.2. The lowest BCUT2D eigenvalue weighted by Gasteiger charge is -2.09. The van der Waals surface area contributed by atoms with E-state index in [-0.39, 0.29) is 5.02 Å². The third kappa shape index (κ3) is 3.90. The first-order valence-electron chi connectivity index (χ1n) is 5.05. The Hall–Kier alpha value is 0.330. The van der Waals surface area contributed by atoms with Crippen LogP contribution in [0.5, 0.6) is 0 Å².